The number of halogens is 2. The fraction of sp³-hybridized carbons (Fsp3) is 0.737. The maximum Gasteiger partial charge on any atom is 0.387 e. The van der Waals surface area contributed by atoms with E-state index in [4.69, 9.17) is 47.4 Å². The summed E-state index contributed by atoms with van der Waals surface area (Å²) in [5.74, 6) is -2.11. The molecule has 20 atom stereocenters. The number of likely N-dealkylation sites (N-methyl/N-ethyl adjacent to an activating group) is 1. The highest BCUT2D eigenvalue weighted by atomic mass is 19.3. The van der Waals surface area contributed by atoms with Crippen molar-refractivity contribution >= 4 is 5.97 Å². The molecule has 2 bridgehead atoms. The number of fused-ring (bicyclic) bond motifs is 2. The van der Waals surface area contributed by atoms with Crippen LogP contribution in [0, 0.1) is 23.7 Å². The van der Waals surface area contributed by atoms with Gasteiger partial charge in [0.1, 0.15) is 41.7 Å². The number of aliphatic hydroxyl groups excluding tert-OH is 1. The smallest absolute Gasteiger partial charge is 0.387 e. The third kappa shape index (κ3) is 12.4. The number of rotatable bonds is 13. The lowest BCUT2D eigenvalue weighted by atomic mass is 9.71. The lowest BCUT2D eigenvalue weighted by molar-refractivity contribution is -0.340. The Bertz CT molecular complexity index is 2170. The van der Waals surface area contributed by atoms with Crippen molar-refractivity contribution < 1.29 is 75.9 Å². The van der Waals surface area contributed by atoms with Crippen LogP contribution in [0.2, 0.25) is 0 Å². The van der Waals surface area contributed by atoms with E-state index in [1.807, 2.05) is 33.0 Å². The molecule has 1 spiro atoms. The van der Waals surface area contributed by atoms with Gasteiger partial charge in [0.15, 0.2) is 18.4 Å². The molecule has 1 aromatic carbocycles. The average molecular weight is 1040 g/mol. The van der Waals surface area contributed by atoms with Gasteiger partial charge in [0, 0.05) is 58.8 Å². The Morgan fingerprint density at radius 2 is 1.62 bits per heavy atom. The number of ether oxygens (including phenoxy) is 11. The second-order valence-corrected chi connectivity index (χ2v) is 22.3. The summed E-state index contributed by atoms with van der Waals surface area (Å²) in [6.45, 7) is 14.1. The van der Waals surface area contributed by atoms with Crippen LogP contribution in [0.4, 0.5) is 8.78 Å². The van der Waals surface area contributed by atoms with E-state index in [-0.39, 0.29) is 48.7 Å². The molecule has 1 aliphatic carbocycles. The molecule has 2 N–H and O–H groups in total. The van der Waals surface area contributed by atoms with Crippen LogP contribution in [0.1, 0.15) is 112 Å². The third-order valence-electron chi connectivity index (χ3n) is 17.0. The van der Waals surface area contributed by atoms with Crippen LogP contribution in [0.25, 0.3) is 0 Å². The molecule has 5 saturated heterocycles. The molecule has 6 heterocycles. The molecule has 17 heteroatoms. The molecule has 7 aliphatic rings. The number of carbonyl (C=O) groups is 1. The van der Waals surface area contributed by atoms with Gasteiger partial charge in [0.25, 0.3) is 0 Å². The van der Waals surface area contributed by atoms with Crippen molar-refractivity contribution in [1.29, 1.82) is 0 Å². The Morgan fingerprint density at radius 3 is 2.32 bits per heavy atom. The van der Waals surface area contributed by atoms with Gasteiger partial charge in [-0.2, -0.15) is 8.78 Å². The van der Waals surface area contributed by atoms with E-state index < -0.39 is 85.2 Å². The van der Waals surface area contributed by atoms with Gasteiger partial charge in [-0.05, 0) is 93.8 Å². The third-order valence-corrected chi connectivity index (χ3v) is 17.0. The molecule has 74 heavy (non-hydrogen) atoms. The zero-order valence-electron chi connectivity index (χ0n) is 45.2. The number of nitrogens with zero attached hydrogens (tertiary/aromatic N) is 1. The van der Waals surface area contributed by atoms with E-state index in [0.29, 0.717) is 68.1 Å². The molecule has 5 unspecified atom stereocenters. The van der Waals surface area contributed by atoms with Gasteiger partial charge in [0.2, 0.25) is 0 Å². The molecule has 5 fully saturated rings. The quantitative estimate of drug-likeness (QED) is 0.143. The number of allylic oxidation sites excluding steroid dienone is 2. The van der Waals surface area contributed by atoms with Gasteiger partial charge in [0.05, 0.1) is 55.4 Å². The van der Waals surface area contributed by atoms with Gasteiger partial charge < -0.3 is 62.3 Å². The summed E-state index contributed by atoms with van der Waals surface area (Å²) < 4.78 is 95.7. The summed E-state index contributed by atoms with van der Waals surface area (Å²) >= 11 is 0. The molecule has 414 valence electrons. The van der Waals surface area contributed by atoms with Crippen molar-refractivity contribution in [2.45, 2.75) is 217 Å². The first kappa shape index (κ1) is 57.0. The standard InChI is InChI=1S/C57H83F2NO14/c1-12-31(2)51-34(5)22-23-56(74-51)28-42-25-41(73-56)19-16-33(4)50(32(3)14-13-15-39-30-66-53-49(61)35(6)24-43(54(62)69-42)57(39,53)63)71-47-27-45(65-11)52(37(8)68-47)72-46-26-44(64-10)48(36(7)67-46)60(9)29-38-17-20-40(21-18-38)70-55(58)59/h13-18,20-21,24,31-32,34,36-37,41-53,55,61,63H,12,19,22-23,25-30H2,1-11H3/b14-13+,33-16+,39-15+/t31?,32-,34-,36-,37-,41?,42?,43-,44-,45-,46-,47-,48+,49+,50-,51+,52-,53?,56?,57+/m0/s1. The molecule has 0 aromatic heterocycles. The Balaban J connectivity index is 0.999. The number of alkyl halides is 2. The first-order chi connectivity index (χ1) is 35.3. The first-order valence-electron chi connectivity index (χ1n) is 27.0. The van der Waals surface area contributed by atoms with E-state index in [2.05, 4.69) is 50.3 Å². The molecular formula is C57H83F2NO14. The van der Waals surface area contributed by atoms with Crippen molar-refractivity contribution in [3.05, 3.63) is 76.9 Å². The topological polar surface area (TPSA) is 162 Å². The fourth-order valence-corrected chi connectivity index (χ4v) is 12.8. The lowest BCUT2D eigenvalue weighted by Crippen LogP contribution is -2.58. The number of benzene rings is 1. The molecule has 1 aromatic rings. The first-order valence-corrected chi connectivity index (χ1v) is 27.0. The number of esters is 1. The number of hydrogen-bond acceptors (Lipinski definition) is 15. The predicted molar refractivity (Wildman–Crippen MR) is 270 cm³/mol. The summed E-state index contributed by atoms with van der Waals surface area (Å²) in [6.07, 6.45) is 7.29. The van der Waals surface area contributed by atoms with Gasteiger partial charge in [-0.1, -0.05) is 76.6 Å². The minimum absolute atomic E-state index is 0.0243. The highest BCUT2D eigenvalue weighted by Gasteiger charge is 2.60. The number of carbonyl (C=O) groups excluding carboxylic acids is 1. The van der Waals surface area contributed by atoms with Crippen molar-refractivity contribution in [3.63, 3.8) is 0 Å². The highest BCUT2D eigenvalue weighted by molar-refractivity contribution is 5.78. The highest BCUT2D eigenvalue weighted by Crippen LogP contribution is 2.48. The Hall–Kier alpha value is -3.17. The van der Waals surface area contributed by atoms with Gasteiger partial charge in [-0.15, -0.1) is 0 Å². The van der Waals surface area contributed by atoms with Crippen LogP contribution in [0.15, 0.2) is 71.4 Å². The Kier molecular flexibility index (Phi) is 18.7. The van der Waals surface area contributed by atoms with E-state index in [0.717, 1.165) is 24.0 Å². The van der Waals surface area contributed by atoms with Crippen LogP contribution in [0.5, 0.6) is 5.75 Å². The Labute approximate surface area is 436 Å². The molecule has 8 rings (SSSR count). The average Bonchev–Trinajstić information content (AvgIpc) is 3.70. The van der Waals surface area contributed by atoms with Crippen LogP contribution in [-0.4, -0.2) is 153 Å². The van der Waals surface area contributed by atoms with Gasteiger partial charge >= 0.3 is 12.6 Å². The SMILES string of the molecule is CCC(C)[C@H]1OC2(CC[C@@H]1C)CC1CC(C/C=C(\C)[C@@H](O[C@H]3C[C@H](OC)[C@@H](O[C@H]4C[C@H](OC)[C@H](N(C)Cc5ccc(OC(F)F)cc5)[C@H](C)O4)[C@H](C)O3)[C@@H](C)/C=C/C=C3\COC4[C@H](O)C(C)=C[C@@H](C(=O)O1)[C@]34O)O2. The number of hydrogen-bond donors (Lipinski definition) is 2. The fourth-order valence-electron chi connectivity index (χ4n) is 12.8. The summed E-state index contributed by atoms with van der Waals surface area (Å²) in [4.78, 5) is 16.6. The van der Waals surface area contributed by atoms with Crippen molar-refractivity contribution in [3.8, 4) is 5.75 Å². The van der Waals surface area contributed by atoms with Crippen LogP contribution in [0.3, 0.4) is 0 Å². The van der Waals surface area contributed by atoms with Crippen molar-refractivity contribution in [2.24, 2.45) is 23.7 Å². The summed E-state index contributed by atoms with van der Waals surface area (Å²) in [5, 5.41) is 23.9. The summed E-state index contributed by atoms with van der Waals surface area (Å²) in [6, 6.07) is 6.48. The molecular weight excluding hydrogens is 961 g/mol. The monoisotopic (exact) mass is 1040 g/mol. The van der Waals surface area contributed by atoms with Crippen molar-refractivity contribution in [1.82, 2.24) is 4.90 Å². The number of aliphatic hydroxyl groups is 2. The maximum atomic E-state index is 14.5. The van der Waals surface area contributed by atoms with E-state index >= 15 is 0 Å². The molecule has 0 saturated carbocycles. The van der Waals surface area contributed by atoms with E-state index in [1.54, 1.807) is 45.4 Å². The van der Waals surface area contributed by atoms with Crippen LogP contribution < -0.4 is 4.74 Å². The van der Waals surface area contributed by atoms with E-state index in [1.165, 1.54) is 12.1 Å². The lowest BCUT2D eigenvalue weighted by Gasteiger charge is -2.51. The Morgan fingerprint density at radius 1 is 0.919 bits per heavy atom. The summed E-state index contributed by atoms with van der Waals surface area (Å²) in [7, 11) is 5.32. The van der Waals surface area contributed by atoms with Gasteiger partial charge in [-0.3, -0.25) is 9.69 Å². The largest absolute Gasteiger partial charge is 0.462 e. The van der Waals surface area contributed by atoms with Crippen LogP contribution in [-0.2, 0) is 58.7 Å². The zero-order valence-corrected chi connectivity index (χ0v) is 45.2. The second-order valence-electron chi connectivity index (χ2n) is 22.3. The molecule has 0 radical (unpaired) electrons. The normalized spacial score (nSPS) is 43.4. The van der Waals surface area contributed by atoms with E-state index in [9.17, 15) is 23.8 Å². The van der Waals surface area contributed by atoms with Crippen LogP contribution >= 0.6 is 0 Å². The second kappa shape index (κ2) is 24.2. The predicted octanol–water partition coefficient (Wildman–Crippen LogP) is 8.34. The minimum Gasteiger partial charge on any atom is -0.462 e. The minimum atomic E-state index is -2.89. The number of methoxy groups -OCH3 is 2. The summed E-state index contributed by atoms with van der Waals surface area (Å²) in [5.41, 5.74) is 1.05. The maximum absolute atomic E-state index is 14.5. The van der Waals surface area contributed by atoms with Crippen molar-refractivity contribution in [2.75, 3.05) is 27.9 Å². The molecule has 0 amide bonds. The van der Waals surface area contributed by atoms with Gasteiger partial charge in [-0.25, -0.2) is 0 Å². The molecule has 15 nitrogen and oxygen atoms in total. The zero-order chi connectivity index (χ0) is 53.2. The molecule has 6 aliphatic heterocycles.